The van der Waals surface area contributed by atoms with E-state index in [0.717, 1.165) is 34.6 Å². The number of hydrogen-bond acceptors (Lipinski definition) is 4. The van der Waals surface area contributed by atoms with Crippen LogP contribution in [0.5, 0.6) is 0 Å². The van der Waals surface area contributed by atoms with Crippen molar-refractivity contribution in [1.29, 1.82) is 0 Å². The van der Waals surface area contributed by atoms with Crippen LogP contribution in [0.1, 0.15) is 39.6 Å². The van der Waals surface area contributed by atoms with Gasteiger partial charge in [0.05, 0.1) is 29.1 Å². The van der Waals surface area contributed by atoms with Gasteiger partial charge in [0.1, 0.15) is 0 Å². The van der Waals surface area contributed by atoms with Crippen LogP contribution in [0.4, 0.5) is 0 Å². The Morgan fingerprint density at radius 2 is 1.76 bits per heavy atom. The molecule has 0 saturated heterocycles. The average Bonchev–Trinajstić information content (AvgIpc) is 3.14. The summed E-state index contributed by atoms with van der Waals surface area (Å²) in [7, 11) is 1.66. The first-order valence-corrected chi connectivity index (χ1v) is 9.78. The molecule has 0 amide bonds. The predicted octanol–water partition coefficient (Wildman–Crippen LogP) is 4.46. The smallest absolute Gasteiger partial charge is 0.166 e. The molecule has 29 heavy (non-hydrogen) atoms. The van der Waals surface area contributed by atoms with Gasteiger partial charge in [0.2, 0.25) is 0 Å². The van der Waals surface area contributed by atoms with E-state index >= 15 is 0 Å². The lowest BCUT2D eigenvalue weighted by Crippen LogP contribution is -2.22. The molecule has 1 aliphatic rings. The molecule has 1 aliphatic carbocycles. The summed E-state index contributed by atoms with van der Waals surface area (Å²) < 4.78 is 7.26. The third-order valence-electron chi connectivity index (χ3n) is 5.60. The Balaban J connectivity index is 1.70. The second-order valence-corrected chi connectivity index (χ2v) is 7.41. The fraction of sp³-hybridized carbons (Fsp3) is 0.208. The average molecular weight is 383 g/mol. The Morgan fingerprint density at radius 1 is 1.03 bits per heavy atom. The van der Waals surface area contributed by atoms with E-state index in [2.05, 4.69) is 29.2 Å². The van der Waals surface area contributed by atoms with Gasteiger partial charge in [-0.05, 0) is 23.5 Å². The summed E-state index contributed by atoms with van der Waals surface area (Å²) in [5.74, 6) is 0.275. The van der Waals surface area contributed by atoms with Crippen LogP contribution in [0.3, 0.4) is 0 Å². The molecule has 2 aromatic carbocycles. The highest BCUT2D eigenvalue weighted by atomic mass is 16.5. The number of nitrogens with zero attached hydrogens (tertiary/aromatic N) is 3. The fourth-order valence-corrected chi connectivity index (χ4v) is 4.24. The number of hydrogen-bond donors (Lipinski definition) is 0. The largest absolute Gasteiger partial charge is 0.378 e. The second kappa shape index (κ2) is 7.26. The summed E-state index contributed by atoms with van der Waals surface area (Å²) in [6.45, 7) is 0.387. The molecule has 0 saturated carbocycles. The van der Waals surface area contributed by atoms with E-state index in [1.54, 1.807) is 13.3 Å². The Morgan fingerprint density at radius 3 is 2.48 bits per heavy atom. The summed E-state index contributed by atoms with van der Waals surface area (Å²) in [5, 5.41) is 4.83. The first-order chi connectivity index (χ1) is 14.3. The van der Waals surface area contributed by atoms with E-state index in [1.165, 1.54) is 5.56 Å². The van der Waals surface area contributed by atoms with Gasteiger partial charge in [0, 0.05) is 19.7 Å². The standard InChI is InChI=1S/C24H21N3O2/c1-29-15-20-23(17-10-6-3-7-11-17)24-25-14-19-21(27(24)26-20)12-18(13-22(19)28)16-8-4-2-5-9-16/h2-11,14,18H,12-13,15H2,1H3. The molecular formula is C24H21N3O2. The van der Waals surface area contributed by atoms with Crippen molar-refractivity contribution < 1.29 is 9.53 Å². The zero-order valence-electron chi connectivity index (χ0n) is 16.2. The molecule has 0 bridgehead atoms. The lowest BCUT2D eigenvalue weighted by molar-refractivity contribution is 0.0962. The van der Waals surface area contributed by atoms with Crippen molar-refractivity contribution in [3.63, 3.8) is 0 Å². The van der Waals surface area contributed by atoms with Crippen LogP contribution in [-0.2, 0) is 17.8 Å². The first kappa shape index (κ1) is 17.8. The Bertz CT molecular complexity index is 1180. The molecule has 1 atom stereocenters. The molecule has 0 fully saturated rings. The molecule has 5 nitrogen and oxygen atoms in total. The molecule has 0 N–H and O–H groups in total. The van der Waals surface area contributed by atoms with Gasteiger partial charge in [-0.25, -0.2) is 9.50 Å². The number of ketones is 1. The van der Waals surface area contributed by atoms with Crippen LogP contribution in [0.2, 0.25) is 0 Å². The van der Waals surface area contributed by atoms with Gasteiger partial charge in [-0.3, -0.25) is 4.79 Å². The molecule has 4 aromatic rings. The van der Waals surface area contributed by atoms with Gasteiger partial charge in [-0.2, -0.15) is 5.10 Å². The van der Waals surface area contributed by atoms with Gasteiger partial charge in [-0.15, -0.1) is 0 Å². The van der Waals surface area contributed by atoms with E-state index in [4.69, 9.17) is 9.84 Å². The van der Waals surface area contributed by atoms with Crippen molar-refractivity contribution in [2.75, 3.05) is 7.11 Å². The highest BCUT2D eigenvalue weighted by molar-refractivity contribution is 5.99. The molecule has 2 aromatic heterocycles. The quantitative estimate of drug-likeness (QED) is 0.522. The van der Waals surface area contributed by atoms with E-state index in [-0.39, 0.29) is 11.7 Å². The minimum atomic E-state index is 0.125. The van der Waals surface area contributed by atoms with Crippen molar-refractivity contribution >= 4 is 11.4 Å². The van der Waals surface area contributed by atoms with Crippen molar-refractivity contribution in [2.24, 2.45) is 0 Å². The SMILES string of the molecule is COCc1nn2c3c(cnc2c1-c1ccccc1)C(=O)CC(c1ccccc1)C3. The number of Topliss-reactive ketones (excluding diaryl/α,β-unsaturated/α-hetero) is 1. The number of carbonyl (C=O) groups is 1. The molecule has 1 unspecified atom stereocenters. The zero-order chi connectivity index (χ0) is 19.8. The van der Waals surface area contributed by atoms with Crippen LogP contribution < -0.4 is 0 Å². The topological polar surface area (TPSA) is 56.5 Å². The number of aromatic nitrogens is 3. The second-order valence-electron chi connectivity index (χ2n) is 7.41. The van der Waals surface area contributed by atoms with Crippen LogP contribution >= 0.6 is 0 Å². The maximum atomic E-state index is 12.9. The molecule has 5 heteroatoms. The molecule has 2 heterocycles. The summed E-state index contributed by atoms with van der Waals surface area (Å²) in [6.07, 6.45) is 2.98. The fourth-order valence-electron chi connectivity index (χ4n) is 4.24. The summed E-state index contributed by atoms with van der Waals surface area (Å²) >= 11 is 0. The number of benzene rings is 2. The highest BCUT2D eigenvalue weighted by Crippen LogP contribution is 2.35. The summed E-state index contributed by atoms with van der Waals surface area (Å²) in [6, 6.07) is 20.3. The number of ether oxygens (including phenoxy) is 1. The lowest BCUT2D eigenvalue weighted by Gasteiger charge is -2.24. The van der Waals surface area contributed by atoms with Gasteiger partial charge in [0.15, 0.2) is 11.4 Å². The minimum absolute atomic E-state index is 0.125. The van der Waals surface area contributed by atoms with Crippen LogP contribution in [-0.4, -0.2) is 27.5 Å². The van der Waals surface area contributed by atoms with E-state index in [0.29, 0.717) is 18.6 Å². The number of carbonyl (C=O) groups excluding carboxylic acids is 1. The van der Waals surface area contributed by atoms with E-state index in [9.17, 15) is 4.79 Å². The maximum Gasteiger partial charge on any atom is 0.166 e. The predicted molar refractivity (Wildman–Crippen MR) is 111 cm³/mol. The maximum absolute atomic E-state index is 12.9. The highest BCUT2D eigenvalue weighted by Gasteiger charge is 2.30. The van der Waals surface area contributed by atoms with Crippen LogP contribution in [0.15, 0.2) is 66.9 Å². The molecule has 0 spiro atoms. The number of methoxy groups -OCH3 is 1. The molecule has 144 valence electrons. The number of fused-ring (bicyclic) bond motifs is 3. The Kier molecular flexibility index (Phi) is 4.45. The van der Waals surface area contributed by atoms with Crippen molar-refractivity contribution in [3.8, 4) is 11.1 Å². The van der Waals surface area contributed by atoms with Gasteiger partial charge >= 0.3 is 0 Å². The van der Waals surface area contributed by atoms with E-state index in [1.807, 2.05) is 40.9 Å². The molecule has 5 rings (SSSR count). The third-order valence-corrected chi connectivity index (χ3v) is 5.60. The van der Waals surface area contributed by atoms with Crippen LogP contribution in [0.25, 0.3) is 16.8 Å². The third kappa shape index (κ3) is 3.04. The molecule has 0 aliphatic heterocycles. The van der Waals surface area contributed by atoms with Crippen molar-refractivity contribution in [3.05, 3.63) is 89.4 Å². The zero-order valence-corrected chi connectivity index (χ0v) is 16.2. The number of rotatable bonds is 4. The Hall–Kier alpha value is -3.31. The van der Waals surface area contributed by atoms with Gasteiger partial charge in [-0.1, -0.05) is 60.7 Å². The monoisotopic (exact) mass is 383 g/mol. The van der Waals surface area contributed by atoms with E-state index < -0.39 is 0 Å². The summed E-state index contributed by atoms with van der Waals surface area (Å²) in [5.41, 5.74) is 6.39. The van der Waals surface area contributed by atoms with Crippen molar-refractivity contribution in [1.82, 2.24) is 14.6 Å². The first-order valence-electron chi connectivity index (χ1n) is 9.78. The minimum Gasteiger partial charge on any atom is -0.378 e. The summed E-state index contributed by atoms with van der Waals surface area (Å²) in [4.78, 5) is 17.5. The molecular weight excluding hydrogens is 362 g/mol. The van der Waals surface area contributed by atoms with Crippen molar-refractivity contribution in [2.45, 2.75) is 25.4 Å². The Labute approximate surface area is 169 Å². The normalized spacial score (nSPS) is 16.2. The van der Waals surface area contributed by atoms with Crippen LogP contribution in [0, 0.1) is 0 Å². The lowest BCUT2D eigenvalue weighted by atomic mass is 9.82. The van der Waals surface area contributed by atoms with Gasteiger partial charge in [0.25, 0.3) is 0 Å². The van der Waals surface area contributed by atoms with Gasteiger partial charge < -0.3 is 4.74 Å². The molecule has 0 radical (unpaired) electrons.